The Balaban J connectivity index is 2.09. The minimum absolute atomic E-state index is 0.109. The number of carbonyl (C=O) groups excluding carboxylic acids is 1. The molecular formula is C13H9FN2O4. The largest absolute Gasteiger partial charge is 0.477 e. The molecule has 0 aliphatic heterocycles. The van der Waals surface area contributed by atoms with Crippen LogP contribution in [0.2, 0.25) is 0 Å². The Morgan fingerprint density at radius 2 is 2.15 bits per heavy atom. The van der Waals surface area contributed by atoms with Crippen LogP contribution in [-0.2, 0) is 0 Å². The molecule has 20 heavy (non-hydrogen) atoms. The minimum Gasteiger partial charge on any atom is -0.477 e. The summed E-state index contributed by atoms with van der Waals surface area (Å²) in [6, 6.07) is 7.91. The van der Waals surface area contributed by atoms with Crippen LogP contribution in [0.3, 0.4) is 0 Å². The third-order valence-electron chi connectivity index (χ3n) is 2.43. The number of aromatic nitrogens is 1. The number of nitrogens with zero attached hydrogens (tertiary/aromatic N) is 2. The number of benzene rings is 1. The molecule has 0 aliphatic carbocycles. The first-order valence-corrected chi connectivity index (χ1v) is 5.59. The highest BCUT2D eigenvalue weighted by Gasteiger charge is 2.17. The summed E-state index contributed by atoms with van der Waals surface area (Å²) in [4.78, 5) is 25.3. The predicted molar refractivity (Wildman–Crippen MR) is 67.1 cm³/mol. The van der Waals surface area contributed by atoms with E-state index in [1.807, 2.05) is 0 Å². The van der Waals surface area contributed by atoms with Crippen molar-refractivity contribution in [2.24, 2.45) is 0 Å². The Bertz CT molecular complexity index is 660. The number of carbonyl (C=O) groups is 1. The second-order valence-electron chi connectivity index (χ2n) is 3.80. The van der Waals surface area contributed by atoms with Gasteiger partial charge in [-0.05, 0) is 34.2 Å². The number of Topliss-reactive ketones (excluding diaryl/α,β-unsaturated/α-hetero) is 1. The zero-order valence-electron chi connectivity index (χ0n) is 10.2. The lowest BCUT2D eigenvalue weighted by Crippen LogP contribution is -2.12. The first-order valence-electron chi connectivity index (χ1n) is 5.59. The molecule has 2 aromatic rings. The van der Waals surface area contributed by atoms with E-state index < -0.39 is 28.9 Å². The fraction of sp³-hybridized carbons (Fsp3) is 0.0769. The molecule has 6 nitrogen and oxygen atoms in total. The van der Waals surface area contributed by atoms with E-state index >= 15 is 0 Å². The molecule has 0 radical (unpaired) electrons. The third-order valence-corrected chi connectivity index (χ3v) is 2.43. The fourth-order valence-corrected chi connectivity index (χ4v) is 1.52. The maximum Gasteiger partial charge on any atom is 0.406 e. The molecule has 0 fully saturated rings. The normalized spacial score (nSPS) is 10.1. The van der Waals surface area contributed by atoms with Crippen molar-refractivity contribution in [2.45, 2.75) is 0 Å². The predicted octanol–water partition coefficient (Wildman–Crippen LogP) is 2.39. The molecule has 0 atom stereocenters. The van der Waals surface area contributed by atoms with Crippen LogP contribution in [0.4, 0.5) is 10.2 Å². The summed E-state index contributed by atoms with van der Waals surface area (Å²) in [5.41, 5.74) is 0.136. The summed E-state index contributed by atoms with van der Waals surface area (Å²) >= 11 is 0. The van der Waals surface area contributed by atoms with E-state index in [1.165, 1.54) is 36.5 Å². The van der Waals surface area contributed by atoms with Crippen molar-refractivity contribution in [3.63, 3.8) is 0 Å². The van der Waals surface area contributed by atoms with Crippen molar-refractivity contribution in [1.82, 2.24) is 4.98 Å². The van der Waals surface area contributed by atoms with Crippen molar-refractivity contribution in [2.75, 3.05) is 6.61 Å². The number of hydrogen-bond donors (Lipinski definition) is 0. The van der Waals surface area contributed by atoms with E-state index in [2.05, 4.69) is 4.98 Å². The van der Waals surface area contributed by atoms with E-state index in [-0.39, 0.29) is 11.3 Å². The van der Waals surface area contributed by atoms with Crippen LogP contribution in [0.15, 0.2) is 42.6 Å². The summed E-state index contributed by atoms with van der Waals surface area (Å²) in [5, 5.41) is 10.7. The first kappa shape index (κ1) is 13.6. The molecule has 0 saturated heterocycles. The highest BCUT2D eigenvalue weighted by Crippen LogP contribution is 2.22. The zero-order valence-corrected chi connectivity index (χ0v) is 10.2. The summed E-state index contributed by atoms with van der Waals surface area (Å²) in [5.74, 6) is -1.60. The molecule has 0 unspecified atom stereocenters. The quantitative estimate of drug-likeness (QED) is 0.475. The fourth-order valence-electron chi connectivity index (χ4n) is 1.52. The van der Waals surface area contributed by atoms with Crippen molar-refractivity contribution < 1.29 is 18.8 Å². The molecule has 0 amide bonds. The molecule has 0 saturated carbocycles. The summed E-state index contributed by atoms with van der Waals surface area (Å²) < 4.78 is 18.0. The van der Waals surface area contributed by atoms with Gasteiger partial charge in [0.15, 0.2) is 12.4 Å². The second kappa shape index (κ2) is 5.87. The molecule has 0 bridgehead atoms. The molecule has 0 N–H and O–H groups in total. The van der Waals surface area contributed by atoms with E-state index in [4.69, 9.17) is 4.74 Å². The summed E-state index contributed by atoms with van der Waals surface area (Å²) in [6.07, 6.45) is 1.25. The Hall–Kier alpha value is -2.83. The van der Waals surface area contributed by atoms with E-state index in [0.29, 0.717) is 0 Å². The standard InChI is InChI=1S/C13H9FN2O4/c14-10-4-1-3-9(7-10)11(17)8-20-12-5-2-6-15-13(12)16(18)19/h1-7H,8H2. The lowest BCUT2D eigenvalue weighted by molar-refractivity contribution is -0.390. The Morgan fingerprint density at radius 3 is 2.85 bits per heavy atom. The molecule has 0 aliphatic rings. The number of nitro groups is 1. The molecule has 7 heteroatoms. The number of rotatable bonds is 5. The third kappa shape index (κ3) is 3.14. The average Bonchev–Trinajstić information content (AvgIpc) is 2.45. The van der Waals surface area contributed by atoms with Crippen LogP contribution >= 0.6 is 0 Å². The smallest absolute Gasteiger partial charge is 0.406 e. The Labute approximate surface area is 113 Å². The molecule has 102 valence electrons. The van der Waals surface area contributed by atoms with Gasteiger partial charge in [-0.3, -0.25) is 4.79 Å². The van der Waals surface area contributed by atoms with Crippen molar-refractivity contribution in [1.29, 1.82) is 0 Å². The number of halogens is 1. The van der Waals surface area contributed by atoms with Gasteiger partial charge in [0.1, 0.15) is 12.0 Å². The van der Waals surface area contributed by atoms with Gasteiger partial charge < -0.3 is 14.9 Å². The van der Waals surface area contributed by atoms with E-state index in [9.17, 15) is 19.3 Å². The van der Waals surface area contributed by atoms with Gasteiger partial charge in [0.05, 0.1) is 0 Å². The molecule has 1 aromatic heterocycles. The maximum absolute atomic E-state index is 13.0. The van der Waals surface area contributed by atoms with Crippen molar-refractivity contribution >= 4 is 11.6 Å². The van der Waals surface area contributed by atoms with Gasteiger partial charge in [-0.1, -0.05) is 12.1 Å². The monoisotopic (exact) mass is 276 g/mol. The number of hydrogen-bond acceptors (Lipinski definition) is 5. The average molecular weight is 276 g/mol. The minimum atomic E-state index is -0.706. The Morgan fingerprint density at radius 1 is 1.35 bits per heavy atom. The van der Waals surface area contributed by atoms with Gasteiger partial charge in [0, 0.05) is 5.56 Å². The highest BCUT2D eigenvalue weighted by atomic mass is 19.1. The topological polar surface area (TPSA) is 82.3 Å². The van der Waals surface area contributed by atoms with E-state index in [0.717, 1.165) is 6.07 Å². The van der Waals surface area contributed by atoms with Gasteiger partial charge in [-0.25, -0.2) is 4.39 Å². The molecule has 1 aromatic carbocycles. The molecule has 1 heterocycles. The van der Waals surface area contributed by atoms with Crippen LogP contribution in [-0.4, -0.2) is 22.3 Å². The van der Waals surface area contributed by atoms with Crippen LogP contribution < -0.4 is 4.74 Å². The zero-order chi connectivity index (χ0) is 14.5. The SMILES string of the molecule is O=C(COc1cccnc1[N+](=O)[O-])c1cccc(F)c1. The summed E-state index contributed by atoms with van der Waals surface area (Å²) in [7, 11) is 0. The highest BCUT2D eigenvalue weighted by molar-refractivity contribution is 5.97. The lowest BCUT2D eigenvalue weighted by atomic mass is 10.1. The summed E-state index contributed by atoms with van der Waals surface area (Å²) in [6.45, 7) is -0.435. The number of pyridine rings is 1. The van der Waals surface area contributed by atoms with Gasteiger partial charge in [-0.15, -0.1) is 0 Å². The lowest BCUT2D eigenvalue weighted by Gasteiger charge is -2.05. The maximum atomic E-state index is 13.0. The van der Waals surface area contributed by atoms with Crippen molar-refractivity contribution in [3.8, 4) is 5.75 Å². The van der Waals surface area contributed by atoms with E-state index in [1.54, 1.807) is 0 Å². The number of ether oxygens (including phenoxy) is 1. The Kier molecular flexibility index (Phi) is 3.99. The molecule has 2 rings (SSSR count). The van der Waals surface area contributed by atoms with Gasteiger partial charge in [0.2, 0.25) is 5.75 Å². The van der Waals surface area contributed by atoms with Crippen LogP contribution in [0.25, 0.3) is 0 Å². The molecular weight excluding hydrogens is 267 g/mol. The second-order valence-corrected chi connectivity index (χ2v) is 3.80. The van der Waals surface area contributed by atoms with Crippen LogP contribution in [0, 0.1) is 15.9 Å². The van der Waals surface area contributed by atoms with Gasteiger partial charge in [-0.2, -0.15) is 0 Å². The van der Waals surface area contributed by atoms with Crippen LogP contribution in [0.1, 0.15) is 10.4 Å². The first-order chi connectivity index (χ1) is 9.58. The molecule has 0 spiro atoms. The van der Waals surface area contributed by atoms with Gasteiger partial charge in [0.25, 0.3) is 0 Å². The number of ketones is 1. The van der Waals surface area contributed by atoms with Crippen molar-refractivity contribution in [3.05, 3.63) is 64.1 Å². The van der Waals surface area contributed by atoms with Crippen LogP contribution in [0.5, 0.6) is 5.75 Å². The van der Waals surface area contributed by atoms with Gasteiger partial charge >= 0.3 is 5.82 Å².